The zero-order chi connectivity index (χ0) is 16.1. The molecule has 3 heteroatoms. The van der Waals surface area contributed by atoms with Gasteiger partial charge in [0.2, 0.25) is 0 Å². The van der Waals surface area contributed by atoms with Gasteiger partial charge in [0, 0.05) is 0 Å². The summed E-state index contributed by atoms with van der Waals surface area (Å²) in [7, 11) is 0. The maximum atomic E-state index is 11.9. The predicted octanol–water partition coefficient (Wildman–Crippen LogP) is 3.10. The van der Waals surface area contributed by atoms with Gasteiger partial charge in [-0.3, -0.25) is 0 Å². The number of benzene rings is 2. The van der Waals surface area contributed by atoms with Crippen molar-refractivity contribution in [3.63, 3.8) is 0 Å². The van der Waals surface area contributed by atoms with Crippen LogP contribution in [-0.4, -0.2) is 29.3 Å². The SMILES string of the molecule is CC(=O)O[C]1([Sn]([c]2ccccc2)[c]2ccccc2)CCCCC1. The third-order valence-corrected chi connectivity index (χ3v) is 14.1. The van der Waals surface area contributed by atoms with Crippen LogP contribution >= 0.6 is 0 Å². The van der Waals surface area contributed by atoms with Gasteiger partial charge in [0.1, 0.15) is 0 Å². The first kappa shape index (κ1) is 16.6. The van der Waals surface area contributed by atoms with E-state index in [4.69, 9.17) is 4.74 Å². The molecule has 3 rings (SSSR count). The topological polar surface area (TPSA) is 26.3 Å². The third kappa shape index (κ3) is 3.79. The molecule has 0 aliphatic heterocycles. The molecule has 0 unspecified atom stereocenters. The second-order valence-corrected chi connectivity index (χ2v) is 14.3. The summed E-state index contributed by atoms with van der Waals surface area (Å²) in [5.74, 6) is -0.128. The summed E-state index contributed by atoms with van der Waals surface area (Å²) in [5.41, 5.74) is 0. The number of hydrogen-bond donors (Lipinski definition) is 0. The summed E-state index contributed by atoms with van der Waals surface area (Å²) in [5, 5.41) is 0. The Balaban J connectivity index is 2.10. The molecule has 119 valence electrons. The average Bonchev–Trinajstić information content (AvgIpc) is 2.57. The van der Waals surface area contributed by atoms with Gasteiger partial charge in [0.15, 0.2) is 0 Å². The molecule has 0 N–H and O–H groups in total. The Hall–Kier alpha value is -1.29. The van der Waals surface area contributed by atoms with E-state index in [-0.39, 0.29) is 9.59 Å². The number of rotatable bonds is 4. The minimum atomic E-state index is -2.40. The van der Waals surface area contributed by atoms with Crippen LogP contribution in [0.5, 0.6) is 0 Å². The molecule has 1 fully saturated rings. The summed E-state index contributed by atoms with van der Waals surface area (Å²) < 4.78 is 8.71. The number of carbonyl (C=O) groups is 1. The molecule has 0 amide bonds. The fourth-order valence-corrected chi connectivity index (χ4v) is 13.8. The van der Waals surface area contributed by atoms with E-state index in [0.717, 1.165) is 25.7 Å². The molecule has 0 saturated heterocycles. The molecule has 1 aliphatic carbocycles. The van der Waals surface area contributed by atoms with Crippen LogP contribution in [0.2, 0.25) is 0 Å². The summed E-state index contributed by atoms with van der Waals surface area (Å²) in [4.78, 5) is 11.9. The van der Waals surface area contributed by atoms with Crippen molar-refractivity contribution in [2.45, 2.75) is 42.6 Å². The molecular weight excluding hydrogens is 391 g/mol. The Bertz CT molecular complexity index is 594. The van der Waals surface area contributed by atoms with Gasteiger partial charge in [-0.15, -0.1) is 0 Å². The first-order valence-electron chi connectivity index (χ1n) is 8.39. The van der Waals surface area contributed by atoms with Gasteiger partial charge in [-0.05, 0) is 0 Å². The molecular formula is C20H23O2Sn. The molecule has 1 saturated carbocycles. The number of hydrogen-bond acceptors (Lipinski definition) is 2. The zero-order valence-electron chi connectivity index (χ0n) is 13.6. The van der Waals surface area contributed by atoms with Crippen LogP contribution in [0.1, 0.15) is 39.0 Å². The Morgan fingerprint density at radius 2 is 1.35 bits per heavy atom. The van der Waals surface area contributed by atoms with Crippen molar-refractivity contribution in [1.29, 1.82) is 0 Å². The van der Waals surface area contributed by atoms with Crippen LogP contribution in [0.25, 0.3) is 0 Å². The van der Waals surface area contributed by atoms with Gasteiger partial charge in [0.25, 0.3) is 0 Å². The molecule has 2 aromatic rings. The quantitative estimate of drug-likeness (QED) is 0.568. The van der Waals surface area contributed by atoms with Gasteiger partial charge in [-0.2, -0.15) is 0 Å². The van der Waals surface area contributed by atoms with Crippen molar-refractivity contribution in [3.8, 4) is 0 Å². The molecule has 1 radical (unpaired) electrons. The number of carbonyl (C=O) groups excluding carboxylic acids is 1. The van der Waals surface area contributed by atoms with Gasteiger partial charge < -0.3 is 0 Å². The van der Waals surface area contributed by atoms with E-state index in [1.807, 2.05) is 0 Å². The molecule has 0 bridgehead atoms. The average molecular weight is 414 g/mol. The summed E-state index contributed by atoms with van der Waals surface area (Å²) in [6.45, 7) is 1.56. The molecule has 0 atom stereocenters. The van der Waals surface area contributed by atoms with E-state index in [9.17, 15) is 4.79 Å². The fraction of sp³-hybridized carbons (Fsp3) is 0.350. The normalized spacial score (nSPS) is 17.0. The monoisotopic (exact) mass is 415 g/mol. The van der Waals surface area contributed by atoms with E-state index in [0.29, 0.717) is 0 Å². The predicted molar refractivity (Wildman–Crippen MR) is 95.5 cm³/mol. The van der Waals surface area contributed by atoms with Crippen molar-refractivity contribution < 1.29 is 9.53 Å². The maximum absolute atomic E-state index is 11.9. The van der Waals surface area contributed by atoms with E-state index < -0.39 is 19.8 Å². The Kier molecular flexibility index (Phi) is 5.41. The van der Waals surface area contributed by atoms with Crippen LogP contribution in [-0.2, 0) is 9.53 Å². The van der Waals surface area contributed by atoms with Crippen molar-refractivity contribution in [2.75, 3.05) is 0 Å². The zero-order valence-corrected chi connectivity index (χ0v) is 16.5. The van der Waals surface area contributed by atoms with E-state index in [1.54, 1.807) is 6.92 Å². The van der Waals surface area contributed by atoms with Crippen LogP contribution < -0.4 is 7.16 Å². The van der Waals surface area contributed by atoms with Crippen LogP contribution in [0, 0.1) is 0 Å². The Labute approximate surface area is 145 Å². The number of esters is 1. The van der Waals surface area contributed by atoms with Crippen molar-refractivity contribution in [1.82, 2.24) is 0 Å². The second kappa shape index (κ2) is 7.52. The standard InChI is InChI=1S/C8H13O2.2C6H5.Sn/c1-7(9)10-8-5-3-2-4-6-8;2*1-2-4-6-5-3-1;/h2-6H2,1H3;2*1-5H;. The van der Waals surface area contributed by atoms with Crippen LogP contribution in [0.4, 0.5) is 0 Å². The molecule has 0 heterocycles. The van der Waals surface area contributed by atoms with Gasteiger partial charge in [-0.1, -0.05) is 0 Å². The van der Waals surface area contributed by atoms with Crippen LogP contribution in [0.3, 0.4) is 0 Å². The van der Waals surface area contributed by atoms with Crippen LogP contribution in [0.15, 0.2) is 60.7 Å². The first-order valence-corrected chi connectivity index (χ1v) is 12.7. The summed E-state index contributed by atoms with van der Waals surface area (Å²) in [6.07, 6.45) is 5.62. The molecule has 0 aromatic heterocycles. The Morgan fingerprint density at radius 1 is 0.870 bits per heavy atom. The molecule has 2 aromatic carbocycles. The van der Waals surface area contributed by atoms with Crippen molar-refractivity contribution in [3.05, 3.63) is 60.7 Å². The van der Waals surface area contributed by atoms with Crippen molar-refractivity contribution in [2.24, 2.45) is 0 Å². The second-order valence-electron chi connectivity index (χ2n) is 6.26. The molecule has 0 spiro atoms. The van der Waals surface area contributed by atoms with Crippen molar-refractivity contribution >= 4 is 32.9 Å². The Morgan fingerprint density at radius 3 is 1.78 bits per heavy atom. The molecule has 23 heavy (non-hydrogen) atoms. The molecule has 2 nitrogen and oxygen atoms in total. The minimum absolute atomic E-state index is 0.128. The summed E-state index contributed by atoms with van der Waals surface area (Å²) in [6, 6.07) is 21.5. The van der Waals surface area contributed by atoms with E-state index >= 15 is 0 Å². The first-order chi connectivity index (χ1) is 11.2. The summed E-state index contributed by atoms with van der Waals surface area (Å²) >= 11 is -2.40. The third-order valence-electron chi connectivity index (χ3n) is 4.58. The molecule has 1 aliphatic rings. The fourth-order valence-electron chi connectivity index (χ4n) is 3.70. The van der Waals surface area contributed by atoms with Gasteiger partial charge >= 0.3 is 146 Å². The number of ether oxygens (including phenoxy) is 1. The van der Waals surface area contributed by atoms with E-state index in [1.165, 1.54) is 13.6 Å². The van der Waals surface area contributed by atoms with Gasteiger partial charge in [0.05, 0.1) is 0 Å². The van der Waals surface area contributed by atoms with Gasteiger partial charge in [-0.25, -0.2) is 0 Å². The van der Waals surface area contributed by atoms with E-state index in [2.05, 4.69) is 60.7 Å².